The van der Waals surface area contributed by atoms with Crippen molar-refractivity contribution in [1.82, 2.24) is 0 Å². The van der Waals surface area contributed by atoms with Crippen molar-refractivity contribution in [2.45, 2.75) is 0 Å². The molecule has 6 nitrogen and oxygen atoms in total. The highest BCUT2D eigenvalue weighted by atomic mass is 16.6. The number of carbonyl (C=O) groups is 2. The van der Waals surface area contributed by atoms with Crippen molar-refractivity contribution >= 4 is 12.3 Å². The predicted octanol–water partition coefficient (Wildman–Crippen LogP) is 2.85. The zero-order valence-corrected chi connectivity index (χ0v) is 7.85. The Balaban J connectivity index is -0.0000000255. The quantitative estimate of drug-likeness (QED) is 0.455. The molecule has 0 aromatic heterocycles. The van der Waals surface area contributed by atoms with E-state index < -0.39 is 12.3 Å². The smallest absolute Gasteiger partial charge is 0.450 e. The first-order chi connectivity index (χ1) is 6.46. The van der Waals surface area contributed by atoms with E-state index in [1.54, 1.807) is 0 Å². The fraction of sp³-hybridized carbons (Fsp3) is 0. The fourth-order valence-corrected chi connectivity index (χ4v) is 0. The van der Waals surface area contributed by atoms with Crippen molar-refractivity contribution in [2.75, 3.05) is 0 Å². The summed E-state index contributed by atoms with van der Waals surface area (Å²) in [5.74, 6) is 0. The average Bonchev–Trinajstić information content (AvgIpc) is 2.12. The van der Waals surface area contributed by atoms with E-state index in [4.69, 9.17) is 30.0 Å². The molecular formula is C8H16O6. The molecule has 0 spiro atoms. The van der Waals surface area contributed by atoms with Gasteiger partial charge in [0.15, 0.2) is 0 Å². The van der Waals surface area contributed by atoms with Crippen molar-refractivity contribution in [3.63, 3.8) is 0 Å². The van der Waals surface area contributed by atoms with Gasteiger partial charge in [0, 0.05) is 0 Å². The van der Waals surface area contributed by atoms with Gasteiger partial charge in [0.25, 0.3) is 0 Å². The van der Waals surface area contributed by atoms with Gasteiger partial charge in [-0.15, -0.1) is 39.5 Å². The molecule has 0 aromatic carbocycles. The summed E-state index contributed by atoms with van der Waals surface area (Å²) in [7, 11) is 0. The van der Waals surface area contributed by atoms with E-state index >= 15 is 0 Å². The minimum absolute atomic E-state index is 1.83. The summed E-state index contributed by atoms with van der Waals surface area (Å²) in [6.45, 7) is 18.0. The lowest BCUT2D eigenvalue weighted by Crippen LogP contribution is -1.81. The Kier molecular flexibility index (Phi) is 154. The molecule has 0 saturated heterocycles. The van der Waals surface area contributed by atoms with Crippen LogP contribution in [-0.2, 0) is 0 Å². The molecule has 0 aliphatic heterocycles. The van der Waals surface area contributed by atoms with E-state index in [2.05, 4.69) is 39.5 Å². The SMILES string of the molecule is C=C.C=C.C=C.O=C(O)O.O=C(O)O. The van der Waals surface area contributed by atoms with Gasteiger partial charge < -0.3 is 20.4 Å². The third kappa shape index (κ3) is 149. The highest BCUT2D eigenvalue weighted by molar-refractivity contribution is 5.53. The molecule has 0 atom stereocenters. The van der Waals surface area contributed by atoms with Gasteiger partial charge in [-0.3, -0.25) is 0 Å². The highest BCUT2D eigenvalue weighted by Gasteiger charge is 1.70. The van der Waals surface area contributed by atoms with Crippen LogP contribution in [-0.4, -0.2) is 32.7 Å². The van der Waals surface area contributed by atoms with Gasteiger partial charge in [0.05, 0.1) is 0 Å². The maximum Gasteiger partial charge on any atom is 0.503 e. The molecule has 0 amide bonds. The summed E-state index contributed by atoms with van der Waals surface area (Å²) in [6.07, 6.45) is -3.67. The second-order valence-electron chi connectivity index (χ2n) is 0.565. The molecule has 0 aromatic rings. The summed E-state index contributed by atoms with van der Waals surface area (Å²) in [6, 6.07) is 0. The molecule has 0 radical (unpaired) electrons. The lowest BCUT2D eigenvalue weighted by atomic mass is 11.3. The number of carboxylic acid groups (broad SMARTS) is 4. The molecule has 4 N–H and O–H groups in total. The predicted molar refractivity (Wildman–Crippen MR) is 55.1 cm³/mol. The van der Waals surface area contributed by atoms with Crippen LogP contribution in [0, 0.1) is 0 Å². The molecule has 6 heteroatoms. The Hall–Kier alpha value is -2.24. The Morgan fingerprint density at radius 1 is 0.571 bits per heavy atom. The van der Waals surface area contributed by atoms with E-state index in [1.165, 1.54) is 0 Å². The van der Waals surface area contributed by atoms with Crippen LogP contribution in [0.2, 0.25) is 0 Å². The molecule has 0 bridgehead atoms. The first-order valence-electron chi connectivity index (χ1n) is 2.80. The zero-order chi connectivity index (χ0) is 13.2. The van der Waals surface area contributed by atoms with E-state index in [0.29, 0.717) is 0 Å². The Bertz CT molecular complexity index is 98.2. The Labute approximate surface area is 82.7 Å². The minimum atomic E-state index is -1.83. The number of hydrogen-bond acceptors (Lipinski definition) is 2. The van der Waals surface area contributed by atoms with Crippen LogP contribution < -0.4 is 0 Å². The van der Waals surface area contributed by atoms with Gasteiger partial charge in [-0.2, -0.15) is 0 Å². The Morgan fingerprint density at radius 3 is 0.571 bits per heavy atom. The summed E-state index contributed by atoms with van der Waals surface area (Å²) in [5.41, 5.74) is 0. The standard InChI is InChI=1S/3C2H4.2CH2O3/c3*1-2;2*2-1(3)4/h3*1-2H2;2*(H2,2,3,4). The van der Waals surface area contributed by atoms with Crippen molar-refractivity contribution in [3.05, 3.63) is 39.5 Å². The molecule has 0 rings (SSSR count). The van der Waals surface area contributed by atoms with Crippen molar-refractivity contribution in [3.8, 4) is 0 Å². The van der Waals surface area contributed by atoms with E-state index in [9.17, 15) is 0 Å². The summed E-state index contributed by atoms with van der Waals surface area (Å²) < 4.78 is 0. The van der Waals surface area contributed by atoms with Gasteiger partial charge in [-0.25, -0.2) is 9.59 Å². The second kappa shape index (κ2) is 72.5. The molecule has 84 valence electrons. The molecule has 0 saturated carbocycles. The van der Waals surface area contributed by atoms with Crippen molar-refractivity contribution < 1.29 is 30.0 Å². The minimum Gasteiger partial charge on any atom is -0.450 e. The molecule has 0 aliphatic carbocycles. The van der Waals surface area contributed by atoms with Crippen LogP contribution in [0.4, 0.5) is 9.59 Å². The Morgan fingerprint density at radius 2 is 0.571 bits per heavy atom. The molecular weight excluding hydrogens is 192 g/mol. The van der Waals surface area contributed by atoms with Gasteiger partial charge in [-0.05, 0) is 0 Å². The number of hydrogen-bond donors (Lipinski definition) is 4. The van der Waals surface area contributed by atoms with Crippen LogP contribution in [0.25, 0.3) is 0 Å². The van der Waals surface area contributed by atoms with Crippen LogP contribution in [0.15, 0.2) is 39.5 Å². The first kappa shape index (κ1) is 29.8. The molecule has 0 unspecified atom stereocenters. The molecule has 0 heterocycles. The van der Waals surface area contributed by atoms with Crippen LogP contribution in [0.5, 0.6) is 0 Å². The van der Waals surface area contributed by atoms with Gasteiger partial charge in [-0.1, -0.05) is 0 Å². The van der Waals surface area contributed by atoms with Crippen molar-refractivity contribution in [1.29, 1.82) is 0 Å². The van der Waals surface area contributed by atoms with Crippen molar-refractivity contribution in [2.24, 2.45) is 0 Å². The zero-order valence-electron chi connectivity index (χ0n) is 7.85. The molecule has 0 aliphatic rings. The van der Waals surface area contributed by atoms with E-state index in [1.807, 2.05) is 0 Å². The summed E-state index contributed by atoms with van der Waals surface area (Å²) in [5, 5.41) is 27.9. The largest absolute Gasteiger partial charge is 0.503 e. The summed E-state index contributed by atoms with van der Waals surface area (Å²) in [4.78, 5) is 17.1. The average molecular weight is 208 g/mol. The van der Waals surface area contributed by atoms with Crippen LogP contribution in [0.1, 0.15) is 0 Å². The maximum absolute atomic E-state index is 8.56. The lowest BCUT2D eigenvalue weighted by Gasteiger charge is -1.60. The van der Waals surface area contributed by atoms with Crippen LogP contribution >= 0.6 is 0 Å². The van der Waals surface area contributed by atoms with E-state index in [0.717, 1.165) is 0 Å². The lowest BCUT2D eigenvalue weighted by molar-refractivity contribution is 0.135. The third-order valence-electron chi connectivity index (χ3n) is 0. The fourth-order valence-electron chi connectivity index (χ4n) is 0. The highest BCUT2D eigenvalue weighted by Crippen LogP contribution is 1.43. The third-order valence-corrected chi connectivity index (χ3v) is 0. The van der Waals surface area contributed by atoms with Crippen LogP contribution in [0.3, 0.4) is 0 Å². The molecule has 14 heavy (non-hydrogen) atoms. The maximum atomic E-state index is 8.56. The van der Waals surface area contributed by atoms with Gasteiger partial charge in [0.1, 0.15) is 0 Å². The van der Waals surface area contributed by atoms with E-state index in [-0.39, 0.29) is 0 Å². The first-order valence-corrected chi connectivity index (χ1v) is 2.80. The summed E-state index contributed by atoms with van der Waals surface area (Å²) >= 11 is 0. The monoisotopic (exact) mass is 208 g/mol. The number of rotatable bonds is 0. The molecule has 0 fully saturated rings. The normalized spacial score (nSPS) is 4.29. The second-order valence-corrected chi connectivity index (χ2v) is 0.565. The van der Waals surface area contributed by atoms with Gasteiger partial charge in [0.2, 0.25) is 0 Å². The van der Waals surface area contributed by atoms with Gasteiger partial charge >= 0.3 is 12.3 Å². The topological polar surface area (TPSA) is 115 Å².